The van der Waals surface area contributed by atoms with Gasteiger partial charge in [-0.25, -0.2) is 0 Å². The highest BCUT2D eigenvalue weighted by molar-refractivity contribution is 6.20. The fraction of sp³-hybridized carbons (Fsp3) is 1.00. The highest BCUT2D eigenvalue weighted by Gasteiger charge is 2.43. The Kier molecular flexibility index (Phi) is 3.71. The molecule has 98 valence electrons. The van der Waals surface area contributed by atoms with Gasteiger partial charge in [0.05, 0.1) is 0 Å². The largest absolute Gasteiger partial charge is 0.123 e. The molecule has 0 N–H and O–H groups in total. The molecule has 0 bridgehead atoms. The predicted octanol–water partition coefficient (Wildman–Crippen LogP) is 5.25. The zero-order valence-electron chi connectivity index (χ0n) is 11.2. The molecule has 3 saturated carbocycles. The monoisotopic (exact) mass is 254 g/mol. The van der Waals surface area contributed by atoms with Crippen molar-refractivity contribution < 1.29 is 0 Å². The molecule has 0 saturated heterocycles. The Balaban J connectivity index is 1.67. The van der Waals surface area contributed by atoms with Crippen molar-refractivity contribution in [3.63, 3.8) is 0 Å². The SMILES string of the molecule is CC[C@@H]1CCC2C(CCC3C[C@H](Cl)CCC32)C1. The second kappa shape index (κ2) is 5.11. The van der Waals surface area contributed by atoms with Gasteiger partial charge < -0.3 is 0 Å². The first-order chi connectivity index (χ1) is 8.28. The van der Waals surface area contributed by atoms with E-state index in [1.807, 2.05) is 0 Å². The lowest BCUT2D eigenvalue weighted by atomic mass is 9.56. The van der Waals surface area contributed by atoms with Crippen LogP contribution >= 0.6 is 11.6 Å². The van der Waals surface area contributed by atoms with Crippen LogP contribution in [-0.2, 0) is 0 Å². The van der Waals surface area contributed by atoms with E-state index in [0.717, 1.165) is 29.6 Å². The Morgan fingerprint density at radius 2 is 1.47 bits per heavy atom. The summed E-state index contributed by atoms with van der Waals surface area (Å²) in [5.41, 5.74) is 0. The maximum absolute atomic E-state index is 6.36. The summed E-state index contributed by atoms with van der Waals surface area (Å²) in [4.78, 5) is 0. The molecule has 3 fully saturated rings. The van der Waals surface area contributed by atoms with Gasteiger partial charge in [-0.05, 0) is 74.5 Å². The summed E-state index contributed by atoms with van der Waals surface area (Å²) in [6.07, 6.45) is 13.1. The number of rotatable bonds is 1. The van der Waals surface area contributed by atoms with Crippen molar-refractivity contribution in [2.75, 3.05) is 0 Å². The third-order valence-electron chi connectivity index (χ3n) is 6.16. The van der Waals surface area contributed by atoms with Gasteiger partial charge in [0.2, 0.25) is 0 Å². The van der Waals surface area contributed by atoms with E-state index < -0.39 is 0 Å². The normalized spacial score (nSPS) is 50.5. The Bertz CT molecular complexity index is 262. The molecule has 0 aliphatic heterocycles. The standard InChI is InChI=1S/C16H27Cl/c1-2-11-3-7-15-12(9-11)4-5-13-10-14(17)6-8-16(13)15/h11-16H,2-10H2,1H3/t11-,12?,13?,14-,15?,16?/m1/s1. The van der Waals surface area contributed by atoms with E-state index in [1.165, 1.54) is 51.4 Å². The summed E-state index contributed by atoms with van der Waals surface area (Å²) in [5.74, 6) is 5.27. The third kappa shape index (κ3) is 2.39. The third-order valence-corrected chi connectivity index (χ3v) is 6.56. The summed E-state index contributed by atoms with van der Waals surface area (Å²) < 4.78 is 0. The van der Waals surface area contributed by atoms with Crippen molar-refractivity contribution in [3.05, 3.63) is 0 Å². The van der Waals surface area contributed by atoms with Gasteiger partial charge in [0.25, 0.3) is 0 Å². The second-order valence-electron chi connectivity index (χ2n) is 6.92. The van der Waals surface area contributed by atoms with Gasteiger partial charge in [-0.1, -0.05) is 19.8 Å². The number of hydrogen-bond acceptors (Lipinski definition) is 0. The quantitative estimate of drug-likeness (QED) is 0.561. The summed E-state index contributed by atoms with van der Waals surface area (Å²) in [6, 6.07) is 0. The van der Waals surface area contributed by atoms with Crippen LogP contribution in [0.4, 0.5) is 0 Å². The molecular formula is C16H27Cl. The van der Waals surface area contributed by atoms with Crippen molar-refractivity contribution in [1.29, 1.82) is 0 Å². The molecule has 1 heteroatoms. The Labute approximate surface area is 111 Å². The van der Waals surface area contributed by atoms with Gasteiger partial charge in [-0.2, -0.15) is 0 Å². The zero-order valence-corrected chi connectivity index (χ0v) is 12.0. The van der Waals surface area contributed by atoms with Gasteiger partial charge in [0.15, 0.2) is 0 Å². The summed E-state index contributed by atoms with van der Waals surface area (Å²) >= 11 is 6.36. The molecule has 4 unspecified atom stereocenters. The van der Waals surface area contributed by atoms with Crippen molar-refractivity contribution in [2.45, 2.75) is 70.1 Å². The van der Waals surface area contributed by atoms with Gasteiger partial charge in [0, 0.05) is 5.38 Å². The van der Waals surface area contributed by atoms with Gasteiger partial charge in [-0.15, -0.1) is 11.6 Å². The fourth-order valence-electron chi connectivity index (χ4n) is 5.20. The molecule has 17 heavy (non-hydrogen) atoms. The molecule has 0 aromatic heterocycles. The summed E-state index contributed by atoms with van der Waals surface area (Å²) in [7, 11) is 0. The molecule has 0 spiro atoms. The lowest BCUT2D eigenvalue weighted by molar-refractivity contribution is 0.0121. The first kappa shape index (κ1) is 12.3. The maximum Gasteiger partial charge on any atom is 0.0338 e. The molecule has 0 heterocycles. The van der Waals surface area contributed by atoms with Crippen molar-refractivity contribution >= 4 is 11.6 Å². The van der Waals surface area contributed by atoms with Crippen LogP contribution in [-0.4, -0.2) is 5.38 Å². The van der Waals surface area contributed by atoms with Crippen LogP contribution in [0.15, 0.2) is 0 Å². The highest BCUT2D eigenvalue weighted by atomic mass is 35.5. The molecule has 0 nitrogen and oxygen atoms in total. The fourth-order valence-corrected chi connectivity index (χ4v) is 5.56. The Morgan fingerprint density at radius 3 is 2.18 bits per heavy atom. The van der Waals surface area contributed by atoms with E-state index in [1.54, 1.807) is 6.42 Å². The smallest absolute Gasteiger partial charge is 0.0338 e. The highest BCUT2D eigenvalue weighted by Crippen LogP contribution is 2.53. The van der Waals surface area contributed by atoms with Gasteiger partial charge in [0.1, 0.15) is 0 Å². The van der Waals surface area contributed by atoms with E-state index in [2.05, 4.69) is 6.92 Å². The molecule has 3 aliphatic carbocycles. The molecular weight excluding hydrogens is 228 g/mol. The average molecular weight is 255 g/mol. The van der Waals surface area contributed by atoms with Crippen LogP contribution in [0.5, 0.6) is 0 Å². The topological polar surface area (TPSA) is 0 Å². The molecule has 0 aromatic carbocycles. The van der Waals surface area contributed by atoms with Crippen LogP contribution in [0.2, 0.25) is 0 Å². The number of alkyl halides is 1. The Hall–Kier alpha value is 0.290. The predicted molar refractivity (Wildman–Crippen MR) is 74.3 cm³/mol. The van der Waals surface area contributed by atoms with Crippen molar-refractivity contribution in [1.82, 2.24) is 0 Å². The summed E-state index contributed by atoms with van der Waals surface area (Å²) in [6.45, 7) is 2.38. The van der Waals surface area contributed by atoms with Crippen molar-refractivity contribution in [3.8, 4) is 0 Å². The number of fused-ring (bicyclic) bond motifs is 3. The minimum Gasteiger partial charge on any atom is -0.123 e. The average Bonchev–Trinajstić information content (AvgIpc) is 2.37. The van der Waals surface area contributed by atoms with Crippen LogP contribution in [0.3, 0.4) is 0 Å². The first-order valence-electron chi connectivity index (χ1n) is 7.92. The van der Waals surface area contributed by atoms with Crippen LogP contribution in [0.1, 0.15) is 64.7 Å². The lowest BCUT2D eigenvalue weighted by Crippen LogP contribution is -2.41. The second-order valence-corrected chi connectivity index (χ2v) is 7.54. The molecule has 6 atom stereocenters. The molecule has 0 aromatic rings. The van der Waals surface area contributed by atoms with E-state index in [-0.39, 0.29) is 0 Å². The number of halogens is 1. The summed E-state index contributed by atoms with van der Waals surface area (Å²) in [5, 5.41) is 0.500. The minimum atomic E-state index is 0.500. The Morgan fingerprint density at radius 1 is 0.824 bits per heavy atom. The molecule has 0 amide bonds. The molecule has 0 radical (unpaired) electrons. The maximum atomic E-state index is 6.36. The number of hydrogen-bond donors (Lipinski definition) is 0. The van der Waals surface area contributed by atoms with E-state index >= 15 is 0 Å². The minimum absolute atomic E-state index is 0.500. The molecule has 3 rings (SSSR count). The molecule has 3 aliphatic rings. The van der Waals surface area contributed by atoms with Crippen LogP contribution < -0.4 is 0 Å². The van der Waals surface area contributed by atoms with Gasteiger partial charge >= 0.3 is 0 Å². The van der Waals surface area contributed by atoms with Gasteiger partial charge in [-0.3, -0.25) is 0 Å². The lowest BCUT2D eigenvalue weighted by Gasteiger charge is -2.50. The van der Waals surface area contributed by atoms with E-state index in [0.29, 0.717) is 5.38 Å². The van der Waals surface area contributed by atoms with E-state index in [9.17, 15) is 0 Å². The first-order valence-corrected chi connectivity index (χ1v) is 8.35. The zero-order chi connectivity index (χ0) is 11.8. The van der Waals surface area contributed by atoms with Crippen LogP contribution in [0.25, 0.3) is 0 Å². The van der Waals surface area contributed by atoms with Crippen LogP contribution in [0, 0.1) is 29.6 Å². The van der Waals surface area contributed by atoms with Crippen molar-refractivity contribution in [2.24, 2.45) is 29.6 Å². The van der Waals surface area contributed by atoms with E-state index in [4.69, 9.17) is 11.6 Å².